The van der Waals surface area contributed by atoms with Crippen molar-refractivity contribution in [3.05, 3.63) is 0 Å². The molecule has 2 bridgehead atoms. The second-order valence-electron chi connectivity index (χ2n) is 5.58. The average Bonchev–Trinajstić information content (AvgIpc) is 2.53. The van der Waals surface area contributed by atoms with E-state index in [4.69, 9.17) is 10.5 Å². The van der Waals surface area contributed by atoms with Crippen molar-refractivity contribution in [2.24, 2.45) is 11.7 Å². The van der Waals surface area contributed by atoms with Gasteiger partial charge in [-0.15, -0.1) is 0 Å². The van der Waals surface area contributed by atoms with E-state index in [1.165, 1.54) is 25.7 Å². The summed E-state index contributed by atoms with van der Waals surface area (Å²) in [6, 6.07) is 2.03. The van der Waals surface area contributed by atoms with Crippen LogP contribution in [-0.4, -0.2) is 43.8 Å². The molecule has 0 radical (unpaired) electrons. The molecule has 2 rings (SSSR count). The lowest BCUT2D eigenvalue weighted by Gasteiger charge is -2.38. The predicted octanol–water partition coefficient (Wildman–Crippen LogP) is 1.61. The first kappa shape index (κ1) is 12.3. The number of rotatable bonds is 5. The van der Waals surface area contributed by atoms with Crippen LogP contribution in [0.4, 0.5) is 0 Å². The van der Waals surface area contributed by atoms with Crippen LogP contribution in [0.2, 0.25) is 0 Å². The molecule has 3 atom stereocenters. The summed E-state index contributed by atoms with van der Waals surface area (Å²) in [4.78, 5) is 2.58. The van der Waals surface area contributed by atoms with Crippen LogP contribution in [0.15, 0.2) is 0 Å². The maximum absolute atomic E-state index is 6.31. The Hall–Kier alpha value is -0.120. The van der Waals surface area contributed by atoms with Crippen LogP contribution in [0, 0.1) is 5.92 Å². The summed E-state index contributed by atoms with van der Waals surface area (Å²) in [6.45, 7) is 0.854. The smallest absolute Gasteiger partial charge is 0.0462 e. The van der Waals surface area contributed by atoms with Crippen LogP contribution >= 0.6 is 0 Å². The van der Waals surface area contributed by atoms with Gasteiger partial charge in [-0.25, -0.2) is 0 Å². The maximum Gasteiger partial charge on any atom is 0.0462 e. The minimum atomic E-state index is 0.395. The molecule has 2 fully saturated rings. The fourth-order valence-corrected chi connectivity index (χ4v) is 3.50. The first-order chi connectivity index (χ1) is 7.72. The van der Waals surface area contributed by atoms with Crippen molar-refractivity contribution in [3.8, 4) is 0 Å². The molecule has 2 N–H and O–H groups in total. The first-order valence-electron chi connectivity index (χ1n) is 6.68. The van der Waals surface area contributed by atoms with Crippen LogP contribution in [0.5, 0.6) is 0 Å². The van der Waals surface area contributed by atoms with Crippen molar-refractivity contribution in [1.29, 1.82) is 0 Å². The van der Waals surface area contributed by atoms with Crippen LogP contribution in [0.1, 0.15) is 38.5 Å². The molecule has 3 nitrogen and oxygen atoms in total. The summed E-state index contributed by atoms with van der Waals surface area (Å²) in [5, 5.41) is 0. The molecule has 0 aromatic rings. The zero-order valence-electron chi connectivity index (χ0n) is 10.7. The predicted molar refractivity (Wildman–Crippen MR) is 66.4 cm³/mol. The first-order valence-corrected chi connectivity index (χ1v) is 6.68. The van der Waals surface area contributed by atoms with Gasteiger partial charge < -0.3 is 15.4 Å². The maximum atomic E-state index is 6.31. The van der Waals surface area contributed by atoms with Gasteiger partial charge in [0.15, 0.2) is 0 Å². The molecule has 16 heavy (non-hydrogen) atoms. The third kappa shape index (κ3) is 2.58. The van der Waals surface area contributed by atoms with Gasteiger partial charge in [0.1, 0.15) is 0 Å². The minimum Gasteiger partial charge on any atom is -0.385 e. The van der Waals surface area contributed by atoms with Gasteiger partial charge in [-0.2, -0.15) is 0 Å². The Bertz CT molecular complexity index is 208. The second-order valence-corrected chi connectivity index (χ2v) is 5.58. The number of hydrogen-bond donors (Lipinski definition) is 1. The molecule has 2 aliphatic rings. The van der Waals surface area contributed by atoms with Gasteiger partial charge >= 0.3 is 0 Å². The lowest BCUT2D eigenvalue weighted by molar-refractivity contribution is 0.115. The topological polar surface area (TPSA) is 38.5 Å². The minimum absolute atomic E-state index is 0.395. The summed E-state index contributed by atoms with van der Waals surface area (Å²) in [5.74, 6) is 0.755. The molecule has 0 spiro atoms. The second kappa shape index (κ2) is 5.48. The summed E-state index contributed by atoms with van der Waals surface area (Å²) in [6.07, 6.45) is 7.66. The normalized spacial score (nSPS) is 36.6. The van der Waals surface area contributed by atoms with E-state index in [0.717, 1.165) is 37.5 Å². The molecular weight excluding hydrogens is 200 g/mol. The Morgan fingerprint density at radius 1 is 1.31 bits per heavy atom. The highest BCUT2D eigenvalue weighted by Crippen LogP contribution is 2.38. The highest BCUT2D eigenvalue weighted by molar-refractivity contribution is 4.95. The summed E-state index contributed by atoms with van der Waals surface area (Å²) in [5.41, 5.74) is 6.31. The largest absolute Gasteiger partial charge is 0.385 e. The summed E-state index contributed by atoms with van der Waals surface area (Å²) in [7, 11) is 4.05. The van der Waals surface area contributed by atoms with Gasteiger partial charge in [0.05, 0.1) is 0 Å². The molecular formula is C13H26N2O. The lowest BCUT2D eigenvalue weighted by Crippen LogP contribution is -2.45. The quantitative estimate of drug-likeness (QED) is 0.724. The Morgan fingerprint density at radius 3 is 2.50 bits per heavy atom. The lowest BCUT2D eigenvalue weighted by atomic mass is 9.84. The zero-order valence-corrected chi connectivity index (χ0v) is 10.7. The van der Waals surface area contributed by atoms with Crippen molar-refractivity contribution in [2.45, 2.75) is 56.7 Å². The molecule has 2 heterocycles. The summed E-state index contributed by atoms with van der Waals surface area (Å²) >= 11 is 0. The van der Waals surface area contributed by atoms with Crippen LogP contribution in [0.25, 0.3) is 0 Å². The van der Waals surface area contributed by atoms with Gasteiger partial charge in [-0.1, -0.05) is 0 Å². The van der Waals surface area contributed by atoms with E-state index in [9.17, 15) is 0 Å². The number of nitrogens with two attached hydrogens (primary N) is 1. The zero-order chi connectivity index (χ0) is 11.5. The molecule has 0 aromatic heterocycles. The van der Waals surface area contributed by atoms with E-state index in [1.807, 2.05) is 0 Å². The fourth-order valence-electron chi connectivity index (χ4n) is 3.50. The van der Waals surface area contributed by atoms with Gasteiger partial charge in [-0.3, -0.25) is 0 Å². The Labute approximate surface area is 99.3 Å². The van der Waals surface area contributed by atoms with Gasteiger partial charge in [0.2, 0.25) is 0 Å². The Morgan fingerprint density at radius 2 is 1.94 bits per heavy atom. The van der Waals surface area contributed by atoms with Crippen LogP contribution in [-0.2, 0) is 4.74 Å². The van der Waals surface area contributed by atoms with E-state index in [0.29, 0.717) is 6.04 Å². The van der Waals surface area contributed by atoms with Gasteiger partial charge in [-0.05, 0) is 51.5 Å². The third-order valence-electron chi connectivity index (χ3n) is 4.63. The molecule has 94 valence electrons. The van der Waals surface area contributed by atoms with Crippen molar-refractivity contribution in [1.82, 2.24) is 4.90 Å². The third-order valence-corrected chi connectivity index (χ3v) is 4.63. The standard InChI is InChI=1S/C13H26N2O/c1-15-11-5-6-12(15)9-10(8-11)13(14)4-3-7-16-2/h10-13H,3-9,14H2,1-2H3. The Balaban J connectivity index is 1.78. The highest BCUT2D eigenvalue weighted by Gasteiger charge is 2.39. The van der Waals surface area contributed by atoms with Crippen LogP contribution in [0.3, 0.4) is 0 Å². The van der Waals surface area contributed by atoms with Gasteiger partial charge in [0, 0.05) is 31.8 Å². The molecule has 0 aromatic carbocycles. The van der Waals surface area contributed by atoms with E-state index in [-0.39, 0.29) is 0 Å². The van der Waals surface area contributed by atoms with Crippen molar-refractivity contribution < 1.29 is 4.74 Å². The monoisotopic (exact) mass is 226 g/mol. The van der Waals surface area contributed by atoms with Crippen LogP contribution < -0.4 is 5.73 Å². The number of methoxy groups -OCH3 is 1. The van der Waals surface area contributed by atoms with Crippen molar-refractivity contribution in [3.63, 3.8) is 0 Å². The SMILES string of the molecule is COCCCC(N)C1CC2CCC(C1)N2C. The molecule has 2 aliphatic heterocycles. The molecule has 2 saturated heterocycles. The van der Waals surface area contributed by atoms with E-state index in [1.54, 1.807) is 7.11 Å². The fraction of sp³-hybridized carbons (Fsp3) is 1.00. The molecule has 0 aliphatic carbocycles. The van der Waals surface area contributed by atoms with Crippen molar-refractivity contribution in [2.75, 3.05) is 20.8 Å². The Kier molecular flexibility index (Phi) is 4.22. The molecule has 3 heteroatoms. The van der Waals surface area contributed by atoms with Crippen molar-refractivity contribution >= 4 is 0 Å². The summed E-state index contributed by atoms with van der Waals surface area (Å²) < 4.78 is 5.09. The number of piperidine rings is 1. The number of nitrogens with zero attached hydrogens (tertiary/aromatic N) is 1. The average molecular weight is 226 g/mol. The van der Waals surface area contributed by atoms with E-state index >= 15 is 0 Å². The van der Waals surface area contributed by atoms with E-state index in [2.05, 4.69) is 11.9 Å². The highest BCUT2D eigenvalue weighted by atomic mass is 16.5. The number of hydrogen-bond acceptors (Lipinski definition) is 3. The molecule has 3 unspecified atom stereocenters. The van der Waals surface area contributed by atoms with E-state index < -0.39 is 0 Å². The number of ether oxygens (including phenoxy) is 1. The molecule has 0 amide bonds. The number of fused-ring (bicyclic) bond motifs is 2. The molecule has 0 saturated carbocycles. The van der Waals surface area contributed by atoms with Gasteiger partial charge in [0.25, 0.3) is 0 Å².